The van der Waals surface area contributed by atoms with Gasteiger partial charge in [0.1, 0.15) is 5.78 Å². The highest BCUT2D eigenvalue weighted by atomic mass is 16.1. The second-order valence-corrected chi connectivity index (χ2v) is 3.96. The van der Waals surface area contributed by atoms with Crippen molar-refractivity contribution >= 4 is 5.78 Å². The summed E-state index contributed by atoms with van der Waals surface area (Å²) in [4.78, 5) is 11.2. The number of hydrogen-bond donors (Lipinski definition) is 1. The van der Waals surface area contributed by atoms with Crippen molar-refractivity contribution in [1.82, 2.24) is 5.32 Å². The molecule has 0 aromatic carbocycles. The van der Waals surface area contributed by atoms with Crippen molar-refractivity contribution in [2.75, 3.05) is 0 Å². The lowest BCUT2D eigenvalue weighted by molar-refractivity contribution is -0.121. The summed E-state index contributed by atoms with van der Waals surface area (Å²) in [6.45, 7) is 2.10. The van der Waals surface area contributed by atoms with Gasteiger partial charge < -0.3 is 5.32 Å². The molecule has 1 aliphatic carbocycles. The first kappa shape index (κ1) is 7.29. The Balaban J connectivity index is 1.94. The van der Waals surface area contributed by atoms with Crippen LogP contribution in [0, 0.1) is 5.92 Å². The molecule has 62 valence electrons. The summed E-state index contributed by atoms with van der Waals surface area (Å²) in [5.74, 6) is 1.27. The molecule has 0 aromatic heterocycles. The average molecular weight is 153 g/mol. The molecule has 2 nitrogen and oxygen atoms in total. The zero-order valence-corrected chi connectivity index (χ0v) is 6.97. The van der Waals surface area contributed by atoms with Gasteiger partial charge in [0.2, 0.25) is 0 Å². The van der Waals surface area contributed by atoms with E-state index in [9.17, 15) is 4.79 Å². The maximum Gasteiger partial charge on any atom is 0.136 e. The quantitative estimate of drug-likeness (QED) is 0.611. The molecule has 2 fully saturated rings. The highest BCUT2D eigenvalue weighted by Gasteiger charge is 2.35. The van der Waals surface area contributed by atoms with Crippen LogP contribution >= 0.6 is 0 Å². The van der Waals surface area contributed by atoms with E-state index in [4.69, 9.17) is 0 Å². The Morgan fingerprint density at radius 3 is 2.64 bits per heavy atom. The van der Waals surface area contributed by atoms with Crippen molar-refractivity contribution in [3.63, 3.8) is 0 Å². The first-order valence-corrected chi connectivity index (χ1v) is 4.53. The number of Topliss-reactive ketones (excluding diaryl/α,β-unsaturated/α-hetero) is 1. The van der Waals surface area contributed by atoms with Gasteiger partial charge in [-0.3, -0.25) is 4.79 Å². The van der Waals surface area contributed by atoms with Crippen LogP contribution < -0.4 is 5.32 Å². The molecule has 0 aromatic rings. The molecule has 2 rings (SSSR count). The smallest absolute Gasteiger partial charge is 0.136 e. The Morgan fingerprint density at radius 1 is 1.36 bits per heavy atom. The SMILES string of the molecule is C[C@@H]1CC(=O)C[C@H](C2CC2)N1. The number of rotatable bonds is 1. The van der Waals surface area contributed by atoms with Gasteiger partial charge in [-0.15, -0.1) is 0 Å². The molecule has 11 heavy (non-hydrogen) atoms. The molecule has 0 unspecified atom stereocenters. The van der Waals surface area contributed by atoms with Crippen LogP contribution in [0.25, 0.3) is 0 Å². The van der Waals surface area contributed by atoms with Gasteiger partial charge in [-0.2, -0.15) is 0 Å². The van der Waals surface area contributed by atoms with Crippen LogP contribution in [0.4, 0.5) is 0 Å². The van der Waals surface area contributed by atoms with E-state index in [1.165, 1.54) is 12.8 Å². The Kier molecular flexibility index (Phi) is 1.72. The van der Waals surface area contributed by atoms with Crippen molar-refractivity contribution in [1.29, 1.82) is 0 Å². The van der Waals surface area contributed by atoms with Crippen molar-refractivity contribution < 1.29 is 4.79 Å². The molecule has 1 saturated heterocycles. The monoisotopic (exact) mass is 153 g/mol. The molecule has 1 N–H and O–H groups in total. The van der Waals surface area contributed by atoms with Crippen molar-refractivity contribution in [3.8, 4) is 0 Å². The standard InChI is InChI=1S/C9H15NO/c1-6-4-8(11)5-9(10-6)7-2-3-7/h6-7,9-10H,2-5H2,1H3/t6-,9-/m1/s1. The molecular formula is C9H15NO. The average Bonchev–Trinajstić information content (AvgIpc) is 2.64. The Labute approximate surface area is 67.4 Å². The number of nitrogens with one attached hydrogen (secondary N) is 1. The maximum atomic E-state index is 11.2. The number of carbonyl (C=O) groups excluding carboxylic acids is 1. The van der Waals surface area contributed by atoms with Crippen LogP contribution in [0.3, 0.4) is 0 Å². The second kappa shape index (κ2) is 2.59. The van der Waals surface area contributed by atoms with E-state index in [1.54, 1.807) is 0 Å². The molecule has 2 atom stereocenters. The van der Waals surface area contributed by atoms with Gasteiger partial charge in [-0.05, 0) is 25.7 Å². The second-order valence-electron chi connectivity index (χ2n) is 3.96. The molecule has 0 spiro atoms. The first-order valence-electron chi connectivity index (χ1n) is 4.53. The molecule has 0 bridgehead atoms. The van der Waals surface area contributed by atoms with Gasteiger partial charge in [0.15, 0.2) is 0 Å². The third-order valence-corrected chi connectivity index (χ3v) is 2.67. The Hall–Kier alpha value is -0.370. The molecule has 2 aliphatic rings. The van der Waals surface area contributed by atoms with E-state index in [-0.39, 0.29) is 0 Å². The van der Waals surface area contributed by atoms with E-state index >= 15 is 0 Å². The van der Waals surface area contributed by atoms with Crippen molar-refractivity contribution in [2.45, 2.75) is 44.7 Å². The number of ketones is 1. The van der Waals surface area contributed by atoms with Crippen molar-refractivity contribution in [2.24, 2.45) is 5.92 Å². The topological polar surface area (TPSA) is 29.1 Å². The van der Waals surface area contributed by atoms with E-state index < -0.39 is 0 Å². The Morgan fingerprint density at radius 2 is 2.09 bits per heavy atom. The highest BCUT2D eigenvalue weighted by molar-refractivity contribution is 5.80. The maximum absolute atomic E-state index is 11.2. The molecular weight excluding hydrogens is 138 g/mol. The summed E-state index contributed by atoms with van der Waals surface area (Å²) in [5, 5.41) is 3.49. The lowest BCUT2D eigenvalue weighted by Crippen LogP contribution is -2.45. The normalized spacial score (nSPS) is 39.2. The van der Waals surface area contributed by atoms with Crippen molar-refractivity contribution in [3.05, 3.63) is 0 Å². The van der Waals surface area contributed by atoms with E-state index in [2.05, 4.69) is 12.2 Å². The molecule has 0 radical (unpaired) electrons. The van der Waals surface area contributed by atoms with Gasteiger partial charge in [-0.25, -0.2) is 0 Å². The zero-order valence-electron chi connectivity index (χ0n) is 6.97. The summed E-state index contributed by atoms with van der Waals surface area (Å²) < 4.78 is 0. The predicted octanol–water partition coefficient (Wildman–Crippen LogP) is 1.11. The van der Waals surface area contributed by atoms with Gasteiger partial charge in [-0.1, -0.05) is 0 Å². The minimum Gasteiger partial charge on any atom is -0.310 e. The van der Waals surface area contributed by atoms with Gasteiger partial charge in [0, 0.05) is 24.9 Å². The molecule has 0 amide bonds. The van der Waals surface area contributed by atoms with Crippen LogP contribution in [-0.2, 0) is 4.79 Å². The summed E-state index contributed by atoms with van der Waals surface area (Å²) in [6, 6.07) is 0.938. The fourth-order valence-corrected chi connectivity index (χ4v) is 1.95. The minimum absolute atomic E-state index is 0.418. The fraction of sp³-hybridized carbons (Fsp3) is 0.889. The first-order chi connectivity index (χ1) is 5.25. The van der Waals surface area contributed by atoms with E-state index in [0.717, 1.165) is 18.8 Å². The van der Waals surface area contributed by atoms with Gasteiger partial charge in [0.25, 0.3) is 0 Å². The summed E-state index contributed by atoms with van der Waals surface area (Å²) in [6.07, 6.45) is 4.19. The molecule has 1 heterocycles. The van der Waals surface area contributed by atoms with Gasteiger partial charge in [0.05, 0.1) is 0 Å². The number of carbonyl (C=O) groups is 1. The Bertz CT molecular complexity index is 174. The molecule has 2 heteroatoms. The predicted molar refractivity (Wildman–Crippen MR) is 43.4 cm³/mol. The highest BCUT2D eigenvalue weighted by Crippen LogP contribution is 2.35. The number of hydrogen-bond acceptors (Lipinski definition) is 2. The van der Waals surface area contributed by atoms with E-state index in [1.807, 2.05) is 0 Å². The van der Waals surface area contributed by atoms with E-state index in [0.29, 0.717) is 17.9 Å². The summed E-state index contributed by atoms with van der Waals surface area (Å²) in [7, 11) is 0. The van der Waals surface area contributed by atoms with Crippen LogP contribution in [-0.4, -0.2) is 17.9 Å². The lowest BCUT2D eigenvalue weighted by Gasteiger charge is -2.27. The summed E-state index contributed by atoms with van der Waals surface area (Å²) in [5.41, 5.74) is 0. The third-order valence-electron chi connectivity index (χ3n) is 2.67. The third kappa shape index (κ3) is 1.62. The summed E-state index contributed by atoms with van der Waals surface area (Å²) >= 11 is 0. The fourth-order valence-electron chi connectivity index (χ4n) is 1.95. The van der Waals surface area contributed by atoms with Crippen LogP contribution in [0.5, 0.6) is 0 Å². The van der Waals surface area contributed by atoms with Crippen LogP contribution in [0.1, 0.15) is 32.6 Å². The minimum atomic E-state index is 0.418. The zero-order chi connectivity index (χ0) is 7.84. The van der Waals surface area contributed by atoms with Crippen LogP contribution in [0.15, 0.2) is 0 Å². The molecule has 1 aliphatic heterocycles. The van der Waals surface area contributed by atoms with Gasteiger partial charge >= 0.3 is 0 Å². The lowest BCUT2D eigenvalue weighted by atomic mass is 9.95. The largest absolute Gasteiger partial charge is 0.310 e. The van der Waals surface area contributed by atoms with Crippen LogP contribution in [0.2, 0.25) is 0 Å². The molecule has 1 saturated carbocycles. The number of piperidine rings is 1.